The molecular weight excluding hydrogens is 330 g/mol. The third kappa shape index (κ3) is 4.46. The summed E-state index contributed by atoms with van der Waals surface area (Å²) in [7, 11) is 3.15. The van der Waals surface area contributed by atoms with E-state index in [1.807, 2.05) is 0 Å². The smallest absolute Gasteiger partial charge is 0.319 e. The van der Waals surface area contributed by atoms with Gasteiger partial charge < -0.3 is 20.1 Å². The van der Waals surface area contributed by atoms with Crippen molar-refractivity contribution in [1.29, 1.82) is 0 Å². The van der Waals surface area contributed by atoms with Crippen LogP contribution >= 0.6 is 0 Å². The fourth-order valence-electron chi connectivity index (χ4n) is 3.15. The molecule has 2 amide bonds. The van der Waals surface area contributed by atoms with Crippen molar-refractivity contribution in [1.82, 2.24) is 10.2 Å². The van der Waals surface area contributed by atoms with Crippen molar-refractivity contribution in [2.24, 2.45) is 0 Å². The van der Waals surface area contributed by atoms with Crippen molar-refractivity contribution >= 4 is 11.7 Å². The van der Waals surface area contributed by atoms with E-state index < -0.39 is 0 Å². The average molecular weight is 355 g/mol. The number of carbonyl (C=O) groups excluding carboxylic acids is 1. The molecule has 6 heteroatoms. The van der Waals surface area contributed by atoms with Crippen LogP contribution in [0.3, 0.4) is 0 Å². The summed E-state index contributed by atoms with van der Waals surface area (Å²) in [4.78, 5) is 14.5. The average Bonchev–Trinajstić information content (AvgIpc) is 2.67. The number of carbonyl (C=O) groups is 1. The van der Waals surface area contributed by atoms with E-state index in [1.54, 1.807) is 32.4 Å². The molecule has 1 aliphatic heterocycles. The maximum atomic E-state index is 12.2. The second-order valence-electron chi connectivity index (χ2n) is 6.24. The molecule has 0 saturated carbocycles. The Balaban J connectivity index is 1.48. The number of hydrogen-bond acceptors (Lipinski definition) is 4. The lowest BCUT2D eigenvalue weighted by Gasteiger charge is -2.28. The van der Waals surface area contributed by atoms with Gasteiger partial charge in [-0.25, -0.2) is 4.79 Å². The molecule has 6 nitrogen and oxygen atoms in total. The zero-order valence-electron chi connectivity index (χ0n) is 15.2. The molecule has 0 aromatic heterocycles. The molecule has 1 aliphatic rings. The number of amides is 2. The molecular formula is C20H25N3O3. The third-order valence-corrected chi connectivity index (χ3v) is 4.58. The van der Waals surface area contributed by atoms with E-state index in [9.17, 15) is 4.79 Å². The van der Waals surface area contributed by atoms with Crippen molar-refractivity contribution in [3.05, 3.63) is 53.6 Å². The molecule has 138 valence electrons. The van der Waals surface area contributed by atoms with Crippen LogP contribution in [0.2, 0.25) is 0 Å². The number of nitrogens with one attached hydrogen (secondary N) is 2. The lowest BCUT2D eigenvalue weighted by Crippen LogP contribution is -2.39. The van der Waals surface area contributed by atoms with Gasteiger partial charge >= 0.3 is 6.03 Å². The van der Waals surface area contributed by atoms with Gasteiger partial charge in [-0.15, -0.1) is 0 Å². The first-order valence-electron chi connectivity index (χ1n) is 8.75. The maximum Gasteiger partial charge on any atom is 0.319 e. The number of anilines is 1. The molecule has 0 fully saturated rings. The summed E-state index contributed by atoms with van der Waals surface area (Å²) in [5.74, 6) is 1.25. The molecule has 2 aromatic carbocycles. The molecule has 0 saturated heterocycles. The first-order chi connectivity index (χ1) is 12.7. The Morgan fingerprint density at radius 1 is 1.12 bits per heavy atom. The normalized spacial score (nSPS) is 13.6. The van der Waals surface area contributed by atoms with Crippen molar-refractivity contribution in [2.45, 2.75) is 13.0 Å². The van der Waals surface area contributed by atoms with E-state index in [2.05, 4.69) is 39.8 Å². The lowest BCUT2D eigenvalue weighted by atomic mass is 10.00. The van der Waals surface area contributed by atoms with Crippen LogP contribution < -0.4 is 20.1 Å². The van der Waals surface area contributed by atoms with Gasteiger partial charge in [0, 0.05) is 32.2 Å². The van der Waals surface area contributed by atoms with Crippen molar-refractivity contribution < 1.29 is 14.3 Å². The molecule has 0 radical (unpaired) electrons. The Morgan fingerprint density at radius 2 is 1.92 bits per heavy atom. The summed E-state index contributed by atoms with van der Waals surface area (Å²) in [5, 5.41) is 5.72. The van der Waals surface area contributed by atoms with Crippen LogP contribution in [0.25, 0.3) is 0 Å². The minimum atomic E-state index is -0.256. The largest absolute Gasteiger partial charge is 0.497 e. The number of nitrogens with zero attached hydrogens (tertiary/aromatic N) is 1. The predicted molar refractivity (Wildman–Crippen MR) is 102 cm³/mol. The summed E-state index contributed by atoms with van der Waals surface area (Å²) in [6.45, 7) is 3.35. The van der Waals surface area contributed by atoms with Gasteiger partial charge in [0.25, 0.3) is 0 Å². The van der Waals surface area contributed by atoms with Gasteiger partial charge in [0.15, 0.2) is 0 Å². The van der Waals surface area contributed by atoms with Crippen molar-refractivity contribution in [3.63, 3.8) is 0 Å². The van der Waals surface area contributed by atoms with Gasteiger partial charge in [0.1, 0.15) is 11.5 Å². The Kier molecular flexibility index (Phi) is 5.96. The van der Waals surface area contributed by atoms with Gasteiger partial charge in [0.2, 0.25) is 0 Å². The number of benzene rings is 2. The molecule has 0 atom stereocenters. The molecule has 26 heavy (non-hydrogen) atoms. The second-order valence-corrected chi connectivity index (χ2v) is 6.24. The van der Waals surface area contributed by atoms with Gasteiger partial charge in [-0.2, -0.15) is 0 Å². The zero-order chi connectivity index (χ0) is 18.4. The first kappa shape index (κ1) is 18.1. The highest BCUT2D eigenvalue weighted by Crippen LogP contribution is 2.28. The molecule has 2 N–H and O–H groups in total. The van der Waals surface area contributed by atoms with Crippen LogP contribution in [0.5, 0.6) is 11.5 Å². The van der Waals surface area contributed by atoms with Crippen LogP contribution in [0.15, 0.2) is 42.5 Å². The Bertz CT molecular complexity index is 764. The van der Waals surface area contributed by atoms with Gasteiger partial charge in [-0.3, -0.25) is 4.90 Å². The van der Waals surface area contributed by atoms with Crippen LogP contribution in [0.4, 0.5) is 10.5 Å². The van der Waals surface area contributed by atoms with E-state index in [1.165, 1.54) is 11.1 Å². The van der Waals surface area contributed by atoms with E-state index >= 15 is 0 Å². The predicted octanol–water partition coefficient (Wildman–Crippen LogP) is 2.88. The van der Waals surface area contributed by atoms with Crippen LogP contribution in [0, 0.1) is 0 Å². The van der Waals surface area contributed by atoms with E-state index in [0.717, 1.165) is 26.1 Å². The summed E-state index contributed by atoms with van der Waals surface area (Å²) in [5.41, 5.74) is 3.39. The number of urea groups is 1. The first-order valence-corrected chi connectivity index (χ1v) is 8.75. The Labute approximate surface area is 154 Å². The molecule has 0 spiro atoms. The maximum absolute atomic E-state index is 12.2. The lowest BCUT2D eigenvalue weighted by molar-refractivity contribution is 0.239. The number of hydrogen-bond donors (Lipinski definition) is 2. The minimum absolute atomic E-state index is 0.256. The highest BCUT2D eigenvalue weighted by molar-refractivity contribution is 5.91. The topological polar surface area (TPSA) is 62.8 Å². The highest BCUT2D eigenvalue weighted by atomic mass is 16.5. The fraction of sp³-hybridized carbons (Fsp3) is 0.350. The van der Waals surface area contributed by atoms with Crippen LogP contribution in [-0.4, -0.2) is 44.8 Å². The van der Waals surface area contributed by atoms with E-state index in [4.69, 9.17) is 9.47 Å². The Hall–Kier alpha value is -2.73. The van der Waals surface area contributed by atoms with E-state index in [0.29, 0.717) is 23.7 Å². The summed E-state index contributed by atoms with van der Waals surface area (Å²) >= 11 is 0. The number of methoxy groups -OCH3 is 2. The fourth-order valence-corrected chi connectivity index (χ4v) is 3.15. The zero-order valence-corrected chi connectivity index (χ0v) is 15.2. The quantitative estimate of drug-likeness (QED) is 0.836. The van der Waals surface area contributed by atoms with Gasteiger partial charge in [-0.05, 0) is 29.7 Å². The molecule has 0 aliphatic carbocycles. The number of ether oxygens (including phenoxy) is 2. The summed E-state index contributed by atoms with van der Waals surface area (Å²) in [6, 6.07) is 13.6. The van der Waals surface area contributed by atoms with Crippen molar-refractivity contribution in [3.8, 4) is 11.5 Å². The van der Waals surface area contributed by atoms with Gasteiger partial charge in [-0.1, -0.05) is 24.3 Å². The molecule has 3 rings (SSSR count). The van der Waals surface area contributed by atoms with Crippen LogP contribution in [0.1, 0.15) is 11.1 Å². The summed E-state index contributed by atoms with van der Waals surface area (Å²) < 4.78 is 10.5. The number of rotatable bonds is 6. The van der Waals surface area contributed by atoms with Crippen molar-refractivity contribution in [2.75, 3.05) is 39.2 Å². The number of fused-ring (bicyclic) bond motifs is 1. The summed E-state index contributed by atoms with van der Waals surface area (Å²) in [6.07, 6.45) is 1.06. The third-order valence-electron chi connectivity index (χ3n) is 4.58. The molecule has 0 bridgehead atoms. The monoisotopic (exact) mass is 355 g/mol. The van der Waals surface area contributed by atoms with E-state index in [-0.39, 0.29) is 6.03 Å². The molecule has 1 heterocycles. The SMILES string of the molecule is COc1ccc(OC)c(NC(=O)NCCN2CCc3ccccc3C2)c1. The Morgan fingerprint density at radius 3 is 2.69 bits per heavy atom. The van der Waals surface area contributed by atoms with Crippen LogP contribution in [-0.2, 0) is 13.0 Å². The standard InChI is InChI=1S/C20H25N3O3/c1-25-17-7-8-19(26-2)18(13-17)22-20(24)21-10-12-23-11-9-15-5-3-4-6-16(15)14-23/h3-8,13H,9-12,14H2,1-2H3,(H2,21,22,24). The second kappa shape index (κ2) is 8.58. The minimum Gasteiger partial charge on any atom is -0.497 e. The molecule has 0 unspecified atom stereocenters. The van der Waals surface area contributed by atoms with Gasteiger partial charge in [0.05, 0.1) is 19.9 Å². The molecule has 2 aromatic rings. The highest BCUT2D eigenvalue weighted by Gasteiger charge is 2.15.